The van der Waals surface area contributed by atoms with Gasteiger partial charge < -0.3 is 18.9 Å². The molecule has 0 aliphatic carbocycles. The van der Waals surface area contributed by atoms with Crippen molar-refractivity contribution in [2.24, 2.45) is 7.05 Å². The Balaban J connectivity index is 0.00000342. The summed E-state index contributed by atoms with van der Waals surface area (Å²) >= 11 is 0. The Kier molecular flexibility index (Phi) is 8.77. The molecule has 10 heteroatoms. The number of aryl methyl sites for hydroxylation is 2. The first kappa shape index (κ1) is 27.4. The van der Waals surface area contributed by atoms with Crippen LogP contribution < -0.4 is 4.74 Å². The van der Waals surface area contributed by atoms with E-state index >= 15 is 0 Å². The van der Waals surface area contributed by atoms with Crippen molar-refractivity contribution in [2.45, 2.75) is 57.8 Å². The molecule has 1 atom stereocenters. The van der Waals surface area contributed by atoms with Crippen molar-refractivity contribution in [2.75, 3.05) is 32.7 Å². The molecule has 1 amide bonds. The quantitative estimate of drug-likeness (QED) is 0.579. The highest BCUT2D eigenvalue weighted by Gasteiger charge is 2.45. The van der Waals surface area contributed by atoms with Gasteiger partial charge in [0.15, 0.2) is 0 Å². The number of morpholine rings is 1. The number of benzene rings is 1. The Labute approximate surface area is 211 Å². The number of imidazole rings is 1. The van der Waals surface area contributed by atoms with E-state index in [0.29, 0.717) is 44.6 Å². The molecule has 7 nitrogen and oxygen atoms in total. The lowest BCUT2D eigenvalue weighted by molar-refractivity contribution is -0.182. The van der Waals surface area contributed by atoms with Gasteiger partial charge in [0.2, 0.25) is 0 Å². The molecule has 0 N–H and O–H groups in total. The van der Waals surface area contributed by atoms with E-state index in [1.165, 1.54) is 0 Å². The highest BCUT2D eigenvalue weighted by molar-refractivity contribution is 5.94. The van der Waals surface area contributed by atoms with Crippen LogP contribution in [-0.2, 0) is 11.8 Å². The van der Waals surface area contributed by atoms with Gasteiger partial charge in [0.05, 0.1) is 18.2 Å². The number of rotatable bonds is 6. The van der Waals surface area contributed by atoms with Crippen LogP contribution in [0.3, 0.4) is 0 Å². The van der Waals surface area contributed by atoms with Crippen molar-refractivity contribution in [1.29, 1.82) is 0 Å². The molecule has 2 saturated heterocycles. The molecule has 3 heterocycles. The van der Waals surface area contributed by atoms with Gasteiger partial charge in [-0.05, 0) is 57.4 Å². The molecule has 0 bridgehead atoms. The average molecular weight is 513 g/mol. The zero-order valence-electron chi connectivity index (χ0n) is 20.7. The van der Waals surface area contributed by atoms with E-state index in [2.05, 4.69) is 4.98 Å². The van der Waals surface area contributed by atoms with Crippen LogP contribution in [0.1, 0.15) is 54.5 Å². The van der Waals surface area contributed by atoms with Crippen LogP contribution in [0.5, 0.6) is 5.75 Å². The summed E-state index contributed by atoms with van der Waals surface area (Å²) in [5.74, 6) is 1.48. The van der Waals surface area contributed by atoms with E-state index in [1.807, 2.05) is 55.6 Å². The minimum atomic E-state index is -2.41. The third kappa shape index (κ3) is 6.32. The van der Waals surface area contributed by atoms with Gasteiger partial charge in [0.25, 0.3) is 12.3 Å². The summed E-state index contributed by atoms with van der Waals surface area (Å²) in [6.45, 7) is 7.41. The molecule has 2 aromatic rings. The number of nitrogens with zero attached hydrogens (tertiary/aromatic N) is 4. The van der Waals surface area contributed by atoms with Crippen LogP contribution >= 0.6 is 12.4 Å². The van der Waals surface area contributed by atoms with Crippen molar-refractivity contribution < 1.29 is 23.0 Å². The maximum Gasteiger partial charge on any atom is 0.253 e. The second kappa shape index (κ2) is 11.2. The fourth-order valence-corrected chi connectivity index (χ4v) is 4.98. The number of hydrogen-bond acceptors (Lipinski definition) is 5. The number of carbonyl (C=O) groups is 1. The molecule has 2 aliphatic rings. The minimum absolute atomic E-state index is 0. The highest BCUT2D eigenvalue weighted by atomic mass is 35.5. The predicted octanol–water partition coefficient (Wildman–Crippen LogP) is 4.25. The highest BCUT2D eigenvalue weighted by Crippen LogP contribution is 2.38. The van der Waals surface area contributed by atoms with Crippen LogP contribution in [0, 0.1) is 6.92 Å². The first-order chi connectivity index (χ1) is 16.2. The second-order valence-electron chi connectivity index (χ2n) is 9.71. The summed E-state index contributed by atoms with van der Waals surface area (Å²) in [6.07, 6.45) is 1.97. The monoisotopic (exact) mass is 512 g/mol. The number of carbonyl (C=O) groups excluding carboxylic acids is 1. The van der Waals surface area contributed by atoms with E-state index < -0.39 is 12.0 Å². The topological polar surface area (TPSA) is 59.8 Å². The lowest BCUT2D eigenvalue weighted by atomic mass is 9.88. The predicted molar refractivity (Wildman–Crippen MR) is 132 cm³/mol. The molecule has 0 radical (unpaired) electrons. The smallest absolute Gasteiger partial charge is 0.253 e. The largest absolute Gasteiger partial charge is 0.491 e. The number of halogens is 3. The Bertz CT molecular complexity index is 1010. The maximum atomic E-state index is 13.2. The molecule has 1 aromatic carbocycles. The summed E-state index contributed by atoms with van der Waals surface area (Å²) in [6, 6.07) is 5.51. The summed E-state index contributed by atoms with van der Waals surface area (Å²) in [5.41, 5.74) is 0.967. The average Bonchev–Trinajstić information content (AvgIpc) is 3.20. The van der Waals surface area contributed by atoms with Gasteiger partial charge in [0, 0.05) is 51.2 Å². The van der Waals surface area contributed by atoms with E-state index in [4.69, 9.17) is 9.47 Å². The lowest BCUT2D eigenvalue weighted by Crippen LogP contribution is -2.58. The van der Waals surface area contributed by atoms with Crippen LogP contribution in [-0.4, -0.2) is 76.1 Å². The van der Waals surface area contributed by atoms with Gasteiger partial charge in [0.1, 0.15) is 17.7 Å². The van der Waals surface area contributed by atoms with E-state index in [1.54, 1.807) is 17.2 Å². The van der Waals surface area contributed by atoms with Crippen LogP contribution in [0.4, 0.5) is 8.78 Å². The molecule has 2 aliphatic heterocycles. The second-order valence-corrected chi connectivity index (χ2v) is 9.71. The van der Waals surface area contributed by atoms with E-state index in [-0.39, 0.29) is 37.1 Å². The summed E-state index contributed by atoms with van der Waals surface area (Å²) in [4.78, 5) is 21.2. The van der Waals surface area contributed by atoms with Gasteiger partial charge in [-0.15, -0.1) is 12.4 Å². The number of ether oxygens (including phenoxy) is 2. The number of amides is 1. The van der Waals surface area contributed by atoms with E-state index in [9.17, 15) is 13.6 Å². The zero-order chi connectivity index (χ0) is 24.5. The van der Waals surface area contributed by atoms with E-state index in [0.717, 1.165) is 17.1 Å². The zero-order valence-corrected chi connectivity index (χ0v) is 21.6. The Morgan fingerprint density at radius 1 is 1.29 bits per heavy atom. The third-order valence-corrected chi connectivity index (χ3v) is 6.62. The molecule has 1 aromatic heterocycles. The molecule has 1 unspecified atom stereocenters. The normalized spacial score (nSPS) is 20.3. The first-order valence-electron chi connectivity index (χ1n) is 11.9. The Hall–Kier alpha value is -2.23. The first-order valence-corrected chi connectivity index (χ1v) is 11.9. The van der Waals surface area contributed by atoms with Crippen molar-refractivity contribution in [1.82, 2.24) is 19.4 Å². The van der Waals surface area contributed by atoms with Gasteiger partial charge in [-0.2, -0.15) is 0 Å². The fraction of sp³-hybridized carbons (Fsp3) is 0.600. The molecule has 4 rings (SSSR count). The van der Waals surface area contributed by atoms with Crippen molar-refractivity contribution >= 4 is 18.3 Å². The molecular weight excluding hydrogens is 478 g/mol. The molecular formula is C25H35ClF2N4O3. The number of alkyl halides is 2. The molecule has 2 fully saturated rings. The van der Waals surface area contributed by atoms with Gasteiger partial charge in [-0.25, -0.2) is 13.8 Å². The summed E-state index contributed by atoms with van der Waals surface area (Å²) in [5, 5.41) is 0. The molecule has 0 saturated carbocycles. The van der Waals surface area contributed by atoms with Crippen molar-refractivity contribution in [3.8, 4) is 5.75 Å². The fourth-order valence-electron chi connectivity index (χ4n) is 4.98. The third-order valence-electron chi connectivity index (χ3n) is 6.62. The number of hydrogen-bond donors (Lipinski definition) is 0. The van der Waals surface area contributed by atoms with Crippen molar-refractivity contribution in [3.05, 3.63) is 47.5 Å². The SMILES string of the molecule is Cc1cc(C(=O)N2CCC3(CC2)CN(CC(F)F)CC(c2nccn2C)O3)ccc1OC(C)C.Cl. The minimum Gasteiger partial charge on any atom is -0.491 e. The standard InChI is InChI=1S/C25H34F2N4O3.ClH/c1-17(2)33-20-6-5-19(13-18(20)3)24(32)31-10-7-25(8-11-31)16-30(15-22(26)27)14-21(34-25)23-28-9-12-29(23)4;/h5-6,9,12-13,17,21-22H,7-8,10-11,14-16H2,1-4H3;1H. The number of aromatic nitrogens is 2. The summed E-state index contributed by atoms with van der Waals surface area (Å²) < 4.78 is 40.7. The molecule has 194 valence electrons. The maximum absolute atomic E-state index is 13.2. The Morgan fingerprint density at radius 3 is 2.57 bits per heavy atom. The van der Waals surface area contributed by atoms with Gasteiger partial charge in [-0.3, -0.25) is 9.69 Å². The van der Waals surface area contributed by atoms with Crippen LogP contribution in [0.2, 0.25) is 0 Å². The molecule has 1 spiro atoms. The van der Waals surface area contributed by atoms with Crippen LogP contribution in [0.15, 0.2) is 30.6 Å². The summed E-state index contributed by atoms with van der Waals surface area (Å²) in [7, 11) is 1.88. The Morgan fingerprint density at radius 2 is 2.00 bits per heavy atom. The lowest BCUT2D eigenvalue weighted by Gasteiger charge is -2.49. The van der Waals surface area contributed by atoms with Gasteiger partial charge in [-0.1, -0.05) is 0 Å². The van der Waals surface area contributed by atoms with Crippen LogP contribution in [0.25, 0.3) is 0 Å². The van der Waals surface area contributed by atoms with Crippen molar-refractivity contribution in [3.63, 3.8) is 0 Å². The number of piperidine rings is 1. The number of likely N-dealkylation sites (tertiary alicyclic amines) is 1. The van der Waals surface area contributed by atoms with Gasteiger partial charge >= 0.3 is 0 Å². The molecule has 35 heavy (non-hydrogen) atoms.